The van der Waals surface area contributed by atoms with Gasteiger partial charge < -0.3 is 4.74 Å². The number of rotatable bonds is 3. The number of ether oxygens (including phenoxy) is 1. The molecule has 1 aromatic carbocycles. The van der Waals surface area contributed by atoms with E-state index >= 15 is 0 Å². The highest BCUT2D eigenvalue weighted by molar-refractivity contribution is 7.88. The number of fused-ring (bicyclic) bond motifs is 1. The van der Waals surface area contributed by atoms with Gasteiger partial charge in [-0.15, -0.1) is 0 Å². The summed E-state index contributed by atoms with van der Waals surface area (Å²) in [6, 6.07) is 7.13. The average Bonchev–Trinajstić information content (AvgIpc) is 3.03. The lowest BCUT2D eigenvalue weighted by molar-refractivity contribution is 0.0975. The van der Waals surface area contributed by atoms with E-state index in [0.29, 0.717) is 23.0 Å². The van der Waals surface area contributed by atoms with Crippen LogP contribution in [-0.2, 0) is 10.8 Å². The van der Waals surface area contributed by atoms with Gasteiger partial charge in [-0.05, 0) is 30.9 Å². The van der Waals surface area contributed by atoms with Gasteiger partial charge in [-0.2, -0.15) is 0 Å². The molecule has 2 fully saturated rings. The van der Waals surface area contributed by atoms with Crippen LogP contribution in [0.4, 0.5) is 0 Å². The van der Waals surface area contributed by atoms with Gasteiger partial charge in [-0.25, -0.2) is 0 Å². The Kier molecular flexibility index (Phi) is 2.36. The number of Topliss-reactive ketones (excluding diaryl/α,β-unsaturated/α-hetero) is 1. The number of carbonyl (C=O) groups is 1. The van der Waals surface area contributed by atoms with Crippen LogP contribution in [-0.4, -0.2) is 27.6 Å². The van der Waals surface area contributed by atoms with Gasteiger partial charge in [-0.3, -0.25) is 9.00 Å². The quantitative estimate of drug-likeness (QED) is 0.768. The van der Waals surface area contributed by atoms with Gasteiger partial charge in [-0.1, -0.05) is 12.1 Å². The van der Waals surface area contributed by atoms with E-state index in [2.05, 4.69) is 0 Å². The van der Waals surface area contributed by atoms with Crippen LogP contribution in [0.25, 0.3) is 0 Å². The van der Waals surface area contributed by atoms with Crippen LogP contribution < -0.4 is 4.74 Å². The van der Waals surface area contributed by atoms with Gasteiger partial charge in [0.05, 0.1) is 7.11 Å². The number of hydrogen-bond acceptors (Lipinski definition) is 3. The molecule has 3 nitrogen and oxygen atoms in total. The molecule has 1 heterocycles. The molecule has 0 amide bonds. The Labute approximate surface area is 103 Å². The van der Waals surface area contributed by atoms with Crippen molar-refractivity contribution in [2.24, 2.45) is 5.92 Å². The van der Waals surface area contributed by atoms with Crippen molar-refractivity contribution in [3.8, 4) is 5.75 Å². The van der Waals surface area contributed by atoms with Crippen molar-refractivity contribution in [2.45, 2.75) is 17.6 Å². The molecule has 1 saturated carbocycles. The maximum atomic E-state index is 12.4. The first kappa shape index (κ1) is 11.0. The molecule has 0 radical (unpaired) electrons. The zero-order valence-electron chi connectivity index (χ0n) is 9.64. The van der Waals surface area contributed by atoms with E-state index < -0.39 is 15.5 Å². The zero-order chi connectivity index (χ0) is 12.0. The van der Waals surface area contributed by atoms with Crippen LogP contribution in [0.1, 0.15) is 23.2 Å². The molecule has 0 N–H and O–H groups in total. The van der Waals surface area contributed by atoms with E-state index in [1.807, 2.05) is 6.07 Å². The molecule has 0 spiro atoms. The lowest BCUT2D eigenvalue weighted by Crippen LogP contribution is -2.27. The lowest BCUT2D eigenvalue weighted by Gasteiger charge is -2.11. The predicted octanol–water partition coefficient (Wildman–Crippen LogP) is 1.79. The standard InChI is InChI=1S/C13H14O3S/c1-16-11-4-2-3-9(7-11)12(14)13-8-10(13)5-6-17(13)15/h2-4,7,10H,5-6,8H2,1H3/t10-,13+,17?/m0/s1. The molecule has 2 aliphatic rings. The molecule has 1 aliphatic carbocycles. The molecule has 1 aromatic rings. The first-order valence-electron chi connectivity index (χ1n) is 5.76. The summed E-state index contributed by atoms with van der Waals surface area (Å²) in [4.78, 5) is 12.4. The molecule has 0 bridgehead atoms. The number of ketones is 1. The second kappa shape index (κ2) is 3.67. The SMILES string of the molecule is COc1cccc(C(=O)[C@@]23C[C@@H]2CCS3=O)c1. The van der Waals surface area contributed by atoms with Gasteiger partial charge >= 0.3 is 0 Å². The smallest absolute Gasteiger partial charge is 0.181 e. The summed E-state index contributed by atoms with van der Waals surface area (Å²) in [7, 11) is 0.597. The van der Waals surface area contributed by atoms with E-state index in [-0.39, 0.29) is 5.78 Å². The van der Waals surface area contributed by atoms with Crippen molar-refractivity contribution in [1.29, 1.82) is 0 Å². The minimum Gasteiger partial charge on any atom is -0.497 e. The maximum Gasteiger partial charge on any atom is 0.181 e. The summed E-state index contributed by atoms with van der Waals surface area (Å²) in [5.41, 5.74) is 0.627. The number of benzene rings is 1. The number of carbonyl (C=O) groups excluding carboxylic acids is 1. The summed E-state index contributed by atoms with van der Waals surface area (Å²) in [6.07, 6.45) is 1.73. The van der Waals surface area contributed by atoms with Gasteiger partial charge in [0.2, 0.25) is 0 Å². The fourth-order valence-corrected chi connectivity index (χ4v) is 4.81. The van der Waals surface area contributed by atoms with Crippen molar-refractivity contribution < 1.29 is 13.7 Å². The molecular weight excluding hydrogens is 236 g/mol. The third kappa shape index (κ3) is 1.47. The Hall–Kier alpha value is -1.16. The Morgan fingerprint density at radius 1 is 1.53 bits per heavy atom. The summed E-state index contributed by atoms with van der Waals surface area (Å²) < 4.78 is 16.5. The summed E-state index contributed by atoms with van der Waals surface area (Å²) in [5, 5.41) is 0. The molecule has 4 heteroatoms. The van der Waals surface area contributed by atoms with Crippen molar-refractivity contribution >= 4 is 16.6 Å². The number of hydrogen-bond donors (Lipinski definition) is 0. The third-order valence-corrected chi connectivity index (χ3v) is 5.93. The molecule has 3 rings (SSSR count). The summed E-state index contributed by atoms with van der Waals surface area (Å²) in [5.74, 6) is 1.74. The highest BCUT2D eigenvalue weighted by Gasteiger charge is 2.67. The molecule has 1 saturated heterocycles. The van der Waals surface area contributed by atoms with Crippen LogP contribution in [0.5, 0.6) is 5.75 Å². The predicted molar refractivity (Wildman–Crippen MR) is 65.8 cm³/mol. The van der Waals surface area contributed by atoms with Crippen LogP contribution in [0, 0.1) is 5.92 Å². The molecule has 0 aromatic heterocycles. The van der Waals surface area contributed by atoms with Crippen molar-refractivity contribution in [3.63, 3.8) is 0 Å². The molecule has 17 heavy (non-hydrogen) atoms. The largest absolute Gasteiger partial charge is 0.497 e. The van der Waals surface area contributed by atoms with E-state index in [0.717, 1.165) is 12.8 Å². The zero-order valence-corrected chi connectivity index (χ0v) is 10.5. The Bertz CT molecular complexity index is 511. The Morgan fingerprint density at radius 2 is 2.35 bits per heavy atom. The van der Waals surface area contributed by atoms with E-state index in [1.165, 1.54) is 0 Å². The third-order valence-electron chi connectivity index (χ3n) is 3.82. The van der Waals surface area contributed by atoms with Crippen LogP contribution in [0.3, 0.4) is 0 Å². The van der Waals surface area contributed by atoms with Crippen LogP contribution >= 0.6 is 0 Å². The minimum absolute atomic E-state index is 0.0391. The van der Waals surface area contributed by atoms with Crippen molar-refractivity contribution in [1.82, 2.24) is 0 Å². The Morgan fingerprint density at radius 3 is 2.94 bits per heavy atom. The summed E-state index contributed by atoms with van der Waals surface area (Å²) >= 11 is 0. The van der Waals surface area contributed by atoms with Gasteiger partial charge in [0.1, 0.15) is 10.5 Å². The van der Waals surface area contributed by atoms with E-state index in [1.54, 1.807) is 25.3 Å². The van der Waals surface area contributed by atoms with E-state index in [9.17, 15) is 9.00 Å². The molecular formula is C13H14O3S. The topological polar surface area (TPSA) is 43.4 Å². The molecule has 90 valence electrons. The van der Waals surface area contributed by atoms with Gasteiger partial charge in [0.15, 0.2) is 5.78 Å². The fourth-order valence-electron chi connectivity index (χ4n) is 2.74. The first-order valence-corrected chi connectivity index (χ1v) is 7.07. The second-order valence-electron chi connectivity index (χ2n) is 4.69. The molecule has 3 atom stereocenters. The number of methoxy groups -OCH3 is 1. The first-order chi connectivity index (χ1) is 8.18. The van der Waals surface area contributed by atoms with Crippen molar-refractivity contribution in [2.75, 3.05) is 12.9 Å². The van der Waals surface area contributed by atoms with Crippen LogP contribution in [0.2, 0.25) is 0 Å². The molecule has 1 aliphatic heterocycles. The van der Waals surface area contributed by atoms with Crippen LogP contribution in [0.15, 0.2) is 24.3 Å². The minimum atomic E-state index is -0.982. The fraction of sp³-hybridized carbons (Fsp3) is 0.462. The van der Waals surface area contributed by atoms with E-state index in [4.69, 9.17) is 4.74 Å². The second-order valence-corrected chi connectivity index (χ2v) is 6.52. The van der Waals surface area contributed by atoms with Gasteiger partial charge in [0, 0.05) is 22.1 Å². The lowest BCUT2D eigenvalue weighted by atomic mass is 10.0. The van der Waals surface area contributed by atoms with Gasteiger partial charge in [0.25, 0.3) is 0 Å². The molecule has 1 unspecified atom stereocenters. The Balaban J connectivity index is 1.95. The highest BCUT2D eigenvalue weighted by Crippen LogP contribution is 2.57. The maximum absolute atomic E-state index is 12.4. The normalized spacial score (nSPS) is 34.2. The summed E-state index contributed by atoms with van der Waals surface area (Å²) in [6.45, 7) is 0. The van der Waals surface area contributed by atoms with Crippen molar-refractivity contribution in [3.05, 3.63) is 29.8 Å². The highest BCUT2D eigenvalue weighted by atomic mass is 32.2. The average molecular weight is 250 g/mol. The monoisotopic (exact) mass is 250 g/mol.